The van der Waals surface area contributed by atoms with E-state index in [0.717, 1.165) is 28.8 Å². The molecule has 1 N–H and O–H groups in total. The number of hydrogen-bond donors (Lipinski definition) is 1. The number of aliphatic imine (C=N–C) groups is 1. The summed E-state index contributed by atoms with van der Waals surface area (Å²) >= 11 is 1.48. The Kier molecular flexibility index (Phi) is 5.95. The van der Waals surface area contributed by atoms with E-state index in [9.17, 15) is 9.59 Å². The van der Waals surface area contributed by atoms with Gasteiger partial charge in [0.1, 0.15) is 5.75 Å². The second-order valence-electron chi connectivity index (χ2n) is 9.15. The Morgan fingerprint density at radius 3 is 2.73 bits per heavy atom. The molecule has 1 aromatic carbocycles. The van der Waals surface area contributed by atoms with E-state index in [1.54, 1.807) is 7.11 Å². The molecule has 0 radical (unpaired) electrons. The molecule has 0 spiro atoms. The van der Waals surface area contributed by atoms with Crippen molar-refractivity contribution in [3.05, 3.63) is 52.2 Å². The fraction of sp³-hybridized carbons (Fsp3) is 0.480. The van der Waals surface area contributed by atoms with Crippen LogP contribution >= 0.6 is 11.8 Å². The standard InChI is InChI=1S/C25H29N3O4S/c1-14-22(24(30)32-3)23(18-6-4-5-7-20(18)31-2)28-17(13-33-25(28)26-14)12-21(29)27-19-11-15-8-9-16(19)10-15/h4-7,13,15-16,19,23H,8-12H2,1-3H3,(H,27,29). The molecule has 0 aromatic heterocycles. The number of benzene rings is 1. The summed E-state index contributed by atoms with van der Waals surface area (Å²) in [4.78, 5) is 32.6. The highest BCUT2D eigenvalue weighted by Gasteiger charge is 2.43. The number of amidine groups is 1. The van der Waals surface area contributed by atoms with E-state index >= 15 is 0 Å². The third-order valence-electron chi connectivity index (χ3n) is 7.27. The van der Waals surface area contributed by atoms with Gasteiger partial charge in [0.15, 0.2) is 5.17 Å². The lowest BCUT2D eigenvalue weighted by Gasteiger charge is -2.36. The molecule has 1 aromatic rings. The zero-order chi connectivity index (χ0) is 23.1. The van der Waals surface area contributed by atoms with E-state index in [-0.39, 0.29) is 18.4 Å². The zero-order valence-electron chi connectivity index (χ0n) is 19.2. The predicted octanol–water partition coefficient (Wildman–Crippen LogP) is 4.14. The zero-order valence-corrected chi connectivity index (χ0v) is 20.0. The second-order valence-corrected chi connectivity index (χ2v) is 9.99. The first-order valence-electron chi connectivity index (χ1n) is 11.4. The van der Waals surface area contributed by atoms with Crippen LogP contribution < -0.4 is 10.1 Å². The van der Waals surface area contributed by atoms with E-state index in [2.05, 4.69) is 10.3 Å². The van der Waals surface area contributed by atoms with E-state index < -0.39 is 12.0 Å². The van der Waals surface area contributed by atoms with Crippen molar-refractivity contribution in [1.29, 1.82) is 0 Å². The largest absolute Gasteiger partial charge is 0.496 e. The van der Waals surface area contributed by atoms with Crippen molar-refractivity contribution in [2.24, 2.45) is 16.8 Å². The maximum Gasteiger partial charge on any atom is 0.338 e. The normalized spacial score (nSPS) is 27.8. The molecule has 4 aliphatic rings. The lowest BCUT2D eigenvalue weighted by atomic mass is 9.93. The molecular weight excluding hydrogens is 438 g/mol. The van der Waals surface area contributed by atoms with Gasteiger partial charge in [0.25, 0.3) is 0 Å². The number of para-hydroxylation sites is 1. The summed E-state index contributed by atoms with van der Waals surface area (Å²) in [6, 6.07) is 7.43. The highest BCUT2D eigenvalue weighted by molar-refractivity contribution is 8.16. The summed E-state index contributed by atoms with van der Waals surface area (Å²) in [6.07, 6.45) is 5.10. The predicted molar refractivity (Wildman–Crippen MR) is 127 cm³/mol. The molecule has 2 aliphatic carbocycles. The van der Waals surface area contributed by atoms with Crippen LogP contribution in [0.3, 0.4) is 0 Å². The first kappa shape index (κ1) is 22.1. The smallest absolute Gasteiger partial charge is 0.338 e. The van der Waals surface area contributed by atoms with E-state index in [0.29, 0.717) is 22.9 Å². The molecule has 0 saturated heterocycles. The summed E-state index contributed by atoms with van der Waals surface area (Å²) in [6.45, 7) is 1.82. The molecule has 5 rings (SSSR count). The minimum absolute atomic E-state index is 0.0188. The van der Waals surface area contributed by atoms with Gasteiger partial charge in [-0.05, 0) is 49.5 Å². The molecule has 2 saturated carbocycles. The van der Waals surface area contributed by atoms with Crippen LogP contribution in [0.1, 0.15) is 50.6 Å². The van der Waals surface area contributed by atoms with Gasteiger partial charge in [-0.25, -0.2) is 9.79 Å². The fourth-order valence-corrected chi connectivity index (χ4v) is 6.74. The molecule has 2 bridgehead atoms. The molecule has 2 fully saturated rings. The number of fused-ring (bicyclic) bond motifs is 3. The van der Waals surface area contributed by atoms with Crippen molar-refractivity contribution in [3.8, 4) is 5.75 Å². The van der Waals surface area contributed by atoms with Crippen LogP contribution in [-0.2, 0) is 14.3 Å². The molecule has 2 aliphatic heterocycles. The Bertz CT molecular complexity index is 1080. The number of nitrogens with zero attached hydrogens (tertiary/aromatic N) is 2. The van der Waals surface area contributed by atoms with Crippen molar-refractivity contribution in [1.82, 2.24) is 10.2 Å². The number of thioether (sulfide) groups is 1. The molecule has 4 unspecified atom stereocenters. The Balaban J connectivity index is 1.44. The Morgan fingerprint density at radius 2 is 2.03 bits per heavy atom. The number of carbonyl (C=O) groups is 2. The summed E-state index contributed by atoms with van der Waals surface area (Å²) in [7, 11) is 2.99. The average molecular weight is 468 g/mol. The summed E-state index contributed by atoms with van der Waals surface area (Å²) in [5.41, 5.74) is 2.71. The van der Waals surface area contributed by atoms with Gasteiger partial charge in [-0.2, -0.15) is 0 Å². The van der Waals surface area contributed by atoms with Gasteiger partial charge in [-0.15, -0.1) is 0 Å². The van der Waals surface area contributed by atoms with Gasteiger partial charge in [0, 0.05) is 17.3 Å². The number of methoxy groups -OCH3 is 2. The van der Waals surface area contributed by atoms with Gasteiger partial charge < -0.3 is 19.7 Å². The van der Waals surface area contributed by atoms with Crippen LogP contribution in [0.5, 0.6) is 5.75 Å². The van der Waals surface area contributed by atoms with Crippen molar-refractivity contribution >= 4 is 28.8 Å². The Labute approximate surface area is 198 Å². The number of rotatable bonds is 6. The number of carbonyl (C=O) groups excluding carboxylic acids is 2. The maximum absolute atomic E-state index is 13.1. The highest BCUT2D eigenvalue weighted by Crippen LogP contribution is 2.47. The van der Waals surface area contributed by atoms with Crippen molar-refractivity contribution < 1.29 is 19.1 Å². The number of allylic oxidation sites excluding steroid dienone is 1. The maximum atomic E-state index is 13.1. The number of hydrogen-bond acceptors (Lipinski definition) is 7. The lowest BCUT2D eigenvalue weighted by molar-refractivity contribution is -0.136. The molecular formula is C25H29N3O4S. The lowest BCUT2D eigenvalue weighted by Crippen LogP contribution is -2.41. The molecule has 4 atom stereocenters. The minimum atomic E-state index is -0.488. The van der Waals surface area contributed by atoms with E-state index in [4.69, 9.17) is 9.47 Å². The third kappa shape index (κ3) is 3.94. The Morgan fingerprint density at radius 1 is 1.21 bits per heavy atom. The molecule has 1 amide bonds. The van der Waals surface area contributed by atoms with Crippen LogP contribution in [0.25, 0.3) is 0 Å². The molecule has 33 heavy (non-hydrogen) atoms. The number of amides is 1. The van der Waals surface area contributed by atoms with E-state index in [1.807, 2.05) is 41.5 Å². The van der Waals surface area contributed by atoms with Gasteiger partial charge in [0.05, 0.1) is 38.0 Å². The highest BCUT2D eigenvalue weighted by atomic mass is 32.2. The number of ether oxygens (including phenoxy) is 2. The number of esters is 1. The first-order valence-corrected chi connectivity index (χ1v) is 12.3. The SMILES string of the molecule is COC(=O)C1=C(C)N=C2SC=C(CC(=O)NC3CC4CCC3C4)N2C1c1ccccc1OC. The third-order valence-corrected chi connectivity index (χ3v) is 8.15. The molecule has 2 heterocycles. The average Bonchev–Trinajstić information content (AvgIpc) is 3.54. The van der Waals surface area contributed by atoms with Crippen molar-refractivity contribution in [3.63, 3.8) is 0 Å². The molecule has 174 valence electrons. The van der Waals surface area contributed by atoms with Crippen molar-refractivity contribution in [2.45, 2.75) is 51.1 Å². The second kappa shape index (κ2) is 8.89. The topological polar surface area (TPSA) is 80.2 Å². The van der Waals surface area contributed by atoms with Crippen molar-refractivity contribution in [2.75, 3.05) is 14.2 Å². The first-order chi connectivity index (χ1) is 16.0. The number of nitrogens with one attached hydrogen (secondary N) is 1. The monoisotopic (exact) mass is 467 g/mol. The Hall–Kier alpha value is -2.74. The van der Waals surface area contributed by atoms with Crippen LogP contribution in [-0.4, -0.2) is 42.2 Å². The van der Waals surface area contributed by atoms with Crippen LogP contribution in [0, 0.1) is 11.8 Å². The summed E-state index contributed by atoms with van der Waals surface area (Å²) < 4.78 is 10.8. The van der Waals surface area contributed by atoms with Gasteiger partial charge in [0.2, 0.25) is 5.91 Å². The molecule has 8 heteroatoms. The van der Waals surface area contributed by atoms with Gasteiger partial charge in [-0.1, -0.05) is 36.4 Å². The summed E-state index contributed by atoms with van der Waals surface area (Å²) in [5.74, 6) is 1.64. The van der Waals surface area contributed by atoms with Crippen LogP contribution in [0.4, 0.5) is 0 Å². The molecule has 7 nitrogen and oxygen atoms in total. The van der Waals surface area contributed by atoms with Crippen LogP contribution in [0.2, 0.25) is 0 Å². The fourth-order valence-electron chi connectivity index (χ4n) is 5.77. The van der Waals surface area contributed by atoms with E-state index in [1.165, 1.54) is 38.1 Å². The van der Waals surface area contributed by atoms with Crippen LogP contribution in [0.15, 0.2) is 51.6 Å². The quantitative estimate of drug-likeness (QED) is 0.634. The van der Waals surface area contributed by atoms with Gasteiger partial charge >= 0.3 is 5.97 Å². The van der Waals surface area contributed by atoms with Gasteiger partial charge in [-0.3, -0.25) is 4.79 Å². The minimum Gasteiger partial charge on any atom is -0.496 e. The summed E-state index contributed by atoms with van der Waals surface area (Å²) in [5, 5.41) is 6.00.